The molecule has 2 heterocycles. The van der Waals surface area contributed by atoms with Crippen LogP contribution in [0, 0.1) is 23.1 Å². The molecule has 0 aromatic heterocycles. The summed E-state index contributed by atoms with van der Waals surface area (Å²) in [5, 5.41) is 8.71. The van der Waals surface area contributed by atoms with Gasteiger partial charge in [-0.25, -0.2) is 12.8 Å². The zero-order chi connectivity index (χ0) is 15.2. The first kappa shape index (κ1) is 14.4. The van der Waals surface area contributed by atoms with Gasteiger partial charge in [-0.15, -0.1) is 0 Å². The summed E-state index contributed by atoms with van der Waals surface area (Å²) in [6.07, 6.45) is 0.995. The number of benzene rings is 1. The molecule has 2 fully saturated rings. The normalized spacial score (nSPS) is 26.7. The van der Waals surface area contributed by atoms with Gasteiger partial charge >= 0.3 is 0 Å². The molecule has 1 aromatic rings. The molecule has 21 heavy (non-hydrogen) atoms. The van der Waals surface area contributed by atoms with Crippen molar-refractivity contribution in [1.82, 2.24) is 9.21 Å². The lowest BCUT2D eigenvalue weighted by molar-refractivity contribution is 0.297. The standard InChI is InChI=1S/C14H16FN3O2S/c1-17-5-4-11-8-18(9-14(11)17)21(19,20)12-3-2-10(7-16)13(15)6-12/h2-3,6,11,14H,4-5,8-9H2,1H3/t11-,14+/m1/s1. The van der Waals surface area contributed by atoms with Crippen LogP contribution in [-0.4, -0.2) is 50.3 Å². The fourth-order valence-corrected chi connectivity index (χ4v) is 4.75. The number of sulfonamides is 1. The van der Waals surface area contributed by atoms with E-state index in [2.05, 4.69) is 4.90 Å². The van der Waals surface area contributed by atoms with Gasteiger partial charge in [0.25, 0.3) is 0 Å². The molecule has 0 bridgehead atoms. The molecule has 3 rings (SSSR count). The van der Waals surface area contributed by atoms with Gasteiger partial charge < -0.3 is 4.90 Å². The lowest BCUT2D eigenvalue weighted by Gasteiger charge is -2.20. The molecule has 7 heteroatoms. The SMILES string of the molecule is CN1CC[C@@H]2CN(S(=O)(=O)c3ccc(C#N)c(F)c3)C[C@@H]21. The van der Waals surface area contributed by atoms with Crippen LogP contribution in [0.3, 0.4) is 0 Å². The summed E-state index contributed by atoms with van der Waals surface area (Å²) in [7, 11) is -1.69. The molecular formula is C14H16FN3O2S. The predicted molar refractivity (Wildman–Crippen MR) is 74.4 cm³/mol. The second-order valence-corrected chi connectivity index (χ2v) is 7.61. The molecule has 0 unspecified atom stereocenters. The Bertz CT molecular complexity index is 713. The van der Waals surface area contributed by atoms with Crippen molar-refractivity contribution in [3.05, 3.63) is 29.6 Å². The molecule has 0 saturated carbocycles. The number of nitrogens with zero attached hydrogens (tertiary/aromatic N) is 3. The van der Waals surface area contributed by atoms with Gasteiger partial charge in [0.2, 0.25) is 10.0 Å². The highest BCUT2D eigenvalue weighted by molar-refractivity contribution is 7.89. The fourth-order valence-electron chi connectivity index (χ4n) is 3.23. The molecule has 0 radical (unpaired) electrons. The highest BCUT2D eigenvalue weighted by Gasteiger charge is 2.44. The molecule has 112 valence electrons. The van der Waals surface area contributed by atoms with Crippen LogP contribution in [0.2, 0.25) is 0 Å². The number of halogens is 1. The second-order valence-electron chi connectivity index (χ2n) is 5.67. The number of nitriles is 1. The molecule has 1 aromatic carbocycles. The highest BCUT2D eigenvalue weighted by Crippen LogP contribution is 2.33. The quantitative estimate of drug-likeness (QED) is 0.818. The van der Waals surface area contributed by atoms with Crippen molar-refractivity contribution in [2.75, 3.05) is 26.7 Å². The van der Waals surface area contributed by atoms with E-state index in [1.54, 1.807) is 6.07 Å². The summed E-state index contributed by atoms with van der Waals surface area (Å²) in [5.41, 5.74) is -0.146. The zero-order valence-electron chi connectivity index (χ0n) is 11.7. The van der Waals surface area contributed by atoms with E-state index in [-0.39, 0.29) is 16.5 Å². The first-order valence-electron chi connectivity index (χ1n) is 6.83. The van der Waals surface area contributed by atoms with Gasteiger partial charge in [0, 0.05) is 19.1 Å². The van der Waals surface area contributed by atoms with Crippen LogP contribution in [0.4, 0.5) is 4.39 Å². The molecule has 5 nitrogen and oxygen atoms in total. The molecule has 0 aliphatic carbocycles. The van der Waals surface area contributed by atoms with E-state index in [0.29, 0.717) is 19.0 Å². The topological polar surface area (TPSA) is 64.4 Å². The summed E-state index contributed by atoms with van der Waals surface area (Å²) in [5.74, 6) is -0.442. The van der Waals surface area contributed by atoms with E-state index in [4.69, 9.17) is 5.26 Å². The van der Waals surface area contributed by atoms with Crippen molar-refractivity contribution in [3.8, 4) is 6.07 Å². The Hall–Kier alpha value is -1.49. The molecule has 0 amide bonds. The van der Waals surface area contributed by atoms with E-state index >= 15 is 0 Å². The third kappa shape index (κ3) is 2.33. The van der Waals surface area contributed by atoms with E-state index in [1.165, 1.54) is 16.4 Å². The first-order valence-corrected chi connectivity index (χ1v) is 8.27. The van der Waals surface area contributed by atoms with Crippen molar-refractivity contribution >= 4 is 10.0 Å². The number of likely N-dealkylation sites (N-methyl/N-ethyl adjacent to an activating group) is 1. The first-order chi connectivity index (χ1) is 9.93. The maximum Gasteiger partial charge on any atom is 0.243 e. The van der Waals surface area contributed by atoms with Crippen LogP contribution in [0.25, 0.3) is 0 Å². The summed E-state index contributed by atoms with van der Waals surface area (Å²) in [6.45, 7) is 1.93. The van der Waals surface area contributed by atoms with Crippen LogP contribution in [0.15, 0.2) is 23.1 Å². The van der Waals surface area contributed by atoms with Crippen molar-refractivity contribution in [2.24, 2.45) is 5.92 Å². The Labute approximate surface area is 123 Å². The van der Waals surface area contributed by atoms with Crippen LogP contribution in [-0.2, 0) is 10.0 Å². The predicted octanol–water partition coefficient (Wildman–Crippen LogP) is 1.02. The number of fused-ring (bicyclic) bond motifs is 1. The Morgan fingerprint density at radius 1 is 1.38 bits per heavy atom. The molecule has 0 N–H and O–H groups in total. The van der Waals surface area contributed by atoms with Crippen molar-refractivity contribution in [3.63, 3.8) is 0 Å². The number of hydrogen-bond acceptors (Lipinski definition) is 4. The van der Waals surface area contributed by atoms with Gasteiger partial charge in [-0.3, -0.25) is 0 Å². The average molecular weight is 309 g/mol. The zero-order valence-corrected chi connectivity index (χ0v) is 12.5. The molecule has 0 spiro atoms. The molecule has 2 aliphatic heterocycles. The van der Waals surface area contributed by atoms with E-state index in [9.17, 15) is 12.8 Å². The highest BCUT2D eigenvalue weighted by atomic mass is 32.2. The fraction of sp³-hybridized carbons (Fsp3) is 0.500. The summed E-state index contributed by atoms with van der Waals surface area (Å²) in [6, 6.07) is 5.39. The van der Waals surface area contributed by atoms with E-state index in [1.807, 2.05) is 7.05 Å². The molecule has 2 aliphatic rings. The maximum absolute atomic E-state index is 13.6. The number of rotatable bonds is 2. The van der Waals surface area contributed by atoms with Crippen LogP contribution < -0.4 is 0 Å². The van der Waals surface area contributed by atoms with Crippen LogP contribution >= 0.6 is 0 Å². The van der Waals surface area contributed by atoms with Gasteiger partial charge in [0.1, 0.15) is 11.9 Å². The number of hydrogen-bond donors (Lipinski definition) is 0. The minimum Gasteiger partial charge on any atom is -0.302 e. The van der Waals surface area contributed by atoms with E-state index in [0.717, 1.165) is 19.0 Å². The van der Waals surface area contributed by atoms with Crippen LogP contribution in [0.5, 0.6) is 0 Å². The van der Waals surface area contributed by atoms with Gasteiger partial charge in [0.15, 0.2) is 0 Å². The molecule has 2 atom stereocenters. The summed E-state index contributed by atoms with van der Waals surface area (Å²) >= 11 is 0. The molecule has 2 saturated heterocycles. The van der Waals surface area contributed by atoms with Crippen molar-refractivity contribution in [2.45, 2.75) is 17.4 Å². The number of likely N-dealkylation sites (tertiary alicyclic amines) is 1. The van der Waals surface area contributed by atoms with Gasteiger partial charge in [-0.05, 0) is 44.1 Å². The average Bonchev–Trinajstić information content (AvgIpc) is 3.02. The Balaban J connectivity index is 1.88. The lowest BCUT2D eigenvalue weighted by Crippen LogP contribution is -2.35. The van der Waals surface area contributed by atoms with Gasteiger partial charge in [0.05, 0.1) is 10.5 Å². The Morgan fingerprint density at radius 3 is 2.76 bits per heavy atom. The minimum absolute atomic E-state index is 0.0818. The maximum atomic E-state index is 13.6. The van der Waals surface area contributed by atoms with Crippen LogP contribution in [0.1, 0.15) is 12.0 Å². The van der Waals surface area contributed by atoms with E-state index < -0.39 is 15.8 Å². The largest absolute Gasteiger partial charge is 0.302 e. The Morgan fingerprint density at radius 2 is 2.14 bits per heavy atom. The monoisotopic (exact) mass is 309 g/mol. The van der Waals surface area contributed by atoms with Gasteiger partial charge in [-0.1, -0.05) is 0 Å². The summed E-state index contributed by atoms with van der Waals surface area (Å²) in [4.78, 5) is 2.10. The lowest BCUT2D eigenvalue weighted by atomic mass is 10.1. The minimum atomic E-state index is -3.69. The van der Waals surface area contributed by atoms with Gasteiger partial charge in [-0.2, -0.15) is 9.57 Å². The summed E-state index contributed by atoms with van der Waals surface area (Å²) < 4.78 is 40.2. The third-order valence-electron chi connectivity index (χ3n) is 4.49. The smallest absolute Gasteiger partial charge is 0.243 e. The second kappa shape index (κ2) is 5.05. The van der Waals surface area contributed by atoms with Crippen molar-refractivity contribution < 1.29 is 12.8 Å². The third-order valence-corrected chi connectivity index (χ3v) is 6.32. The van der Waals surface area contributed by atoms with Crippen molar-refractivity contribution in [1.29, 1.82) is 5.26 Å². The Kier molecular flexibility index (Phi) is 3.48. The molecular weight excluding hydrogens is 293 g/mol.